The number of ether oxygens (including phenoxy) is 1. The molecular formula is C17H10Cl2N2O. The molecule has 0 amide bonds. The van der Waals surface area contributed by atoms with Crippen LogP contribution in [0, 0.1) is 22.7 Å². The first-order chi connectivity index (χ1) is 10.6. The van der Waals surface area contributed by atoms with Crippen LogP contribution >= 0.6 is 23.2 Å². The van der Waals surface area contributed by atoms with Gasteiger partial charge in [-0.3, -0.25) is 0 Å². The van der Waals surface area contributed by atoms with Gasteiger partial charge in [-0.1, -0.05) is 41.4 Å². The molecule has 5 heteroatoms. The Morgan fingerprint density at radius 3 is 2.27 bits per heavy atom. The summed E-state index contributed by atoms with van der Waals surface area (Å²) in [4.78, 5) is 0. The highest BCUT2D eigenvalue weighted by Gasteiger charge is 2.01. The Morgan fingerprint density at radius 1 is 1.00 bits per heavy atom. The second-order valence-corrected chi connectivity index (χ2v) is 5.20. The first-order valence-electron chi connectivity index (χ1n) is 6.31. The second-order valence-electron chi connectivity index (χ2n) is 4.39. The van der Waals surface area contributed by atoms with E-state index in [9.17, 15) is 0 Å². The zero-order valence-corrected chi connectivity index (χ0v) is 12.9. The van der Waals surface area contributed by atoms with E-state index in [0.29, 0.717) is 22.4 Å². The fraction of sp³-hybridized carbons (Fsp3) is 0.0588. The van der Waals surface area contributed by atoms with Crippen LogP contribution < -0.4 is 4.74 Å². The fourth-order valence-corrected chi connectivity index (χ4v) is 2.03. The summed E-state index contributed by atoms with van der Waals surface area (Å²) in [5.41, 5.74) is 1.74. The molecule has 0 saturated carbocycles. The largest absolute Gasteiger partial charge is 0.489 e. The van der Waals surface area contributed by atoms with Gasteiger partial charge in [-0.05, 0) is 41.5 Å². The fourth-order valence-electron chi connectivity index (χ4n) is 1.71. The van der Waals surface area contributed by atoms with Crippen molar-refractivity contribution in [3.05, 3.63) is 69.2 Å². The van der Waals surface area contributed by atoms with Crippen molar-refractivity contribution in [2.24, 2.45) is 0 Å². The number of hydrogen-bond donors (Lipinski definition) is 0. The zero-order valence-electron chi connectivity index (χ0n) is 11.4. The molecule has 0 saturated heterocycles. The molecule has 0 heterocycles. The zero-order chi connectivity index (χ0) is 15.9. The summed E-state index contributed by atoms with van der Waals surface area (Å²) < 4.78 is 5.65. The van der Waals surface area contributed by atoms with Gasteiger partial charge in [-0.15, -0.1) is 0 Å². The van der Waals surface area contributed by atoms with Crippen LogP contribution in [0.4, 0.5) is 0 Å². The Bertz CT molecular complexity index is 768. The molecule has 0 unspecified atom stereocenters. The summed E-state index contributed by atoms with van der Waals surface area (Å²) in [7, 11) is 0. The van der Waals surface area contributed by atoms with Gasteiger partial charge < -0.3 is 4.74 Å². The maximum atomic E-state index is 8.71. The molecular weight excluding hydrogens is 319 g/mol. The Hall–Kier alpha value is -2.46. The van der Waals surface area contributed by atoms with Gasteiger partial charge in [0, 0.05) is 0 Å². The lowest BCUT2D eigenvalue weighted by atomic mass is 10.1. The minimum Gasteiger partial charge on any atom is -0.489 e. The molecule has 22 heavy (non-hydrogen) atoms. The molecule has 0 bridgehead atoms. The third-order valence-corrected chi connectivity index (χ3v) is 3.56. The number of rotatable bonds is 4. The summed E-state index contributed by atoms with van der Waals surface area (Å²) in [5.74, 6) is 0.679. The summed E-state index contributed by atoms with van der Waals surface area (Å²) in [6, 6.07) is 16.1. The molecule has 2 rings (SSSR count). The van der Waals surface area contributed by atoms with E-state index < -0.39 is 0 Å². The van der Waals surface area contributed by atoms with Crippen LogP contribution in [0.15, 0.2) is 48.0 Å². The van der Waals surface area contributed by atoms with Crippen molar-refractivity contribution in [2.45, 2.75) is 6.61 Å². The number of nitriles is 2. The lowest BCUT2D eigenvalue weighted by Crippen LogP contribution is -1.95. The molecule has 0 radical (unpaired) electrons. The molecule has 0 spiro atoms. The van der Waals surface area contributed by atoms with E-state index in [2.05, 4.69) is 0 Å². The first-order valence-corrected chi connectivity index (χ1v) is 7.06. The molecule has 0 atom stereocenters. The highest BCUT2D eigenvalue weighted by Crippen LogP contribution is 2.23. The quantitative estimate of drug-likeness (QED) is 0.742. The molecule has 0 aliphatic carbocycles. The van der Waals surface area contributed by atoms with Gasteiger partial charge in [-0.25, -0.2) is 0 Å². The van der Waals surface area contributed by atoms with E-state index in [-0.39, 0.29) is 5.57 Å². The molecule has 0 fully saturated rings. The molecule has 0 aliphatic heterocycles. The number of benzene rings is 2. The summed E-state index contributed by atoms with van der Waals surface area (Å²) in [5, 5.41) is 18.4. The van der Waals surface area contributed by atoms with Crippen LogP contribution in [-0.4, -0.2) is 0 Å². The molecule has 2 aromatic carbocycles. The monoisotopic (exact) mass is 328 g/mol. The summed E-state index contributed by atoms with van der Waals surface area (Å²) >= 11 is 11.8. The standard InChI is InChI=1S/C17H10Cl2N2O/c18-16-6-3-13(8-17(16)19)11-22-15-4-1-12(2-5-15)7-14(9-20)10-21/h1-8H,11H2. The highest BCUT2D eigenvalue weighted by molar-refractivity contribution is 6.42. The molecule has 0 aliphatic rings. The molecule has 2 aromatic rings. The maximum Gasteiger partial charge on any atom is 0.130 e. The van der Waals surface area contributed by atoms with Gasteiger partial charge in [0.05, 0.1) is 10.0 Å². The van der Waals surface area contributed by atoms with E-state index in [1.54, 1.807) is 36.4 Å². The summed E-state index contributed by atoms with van der Waals surface area (Å²) in [6.45, 7) is 0.369. The number of allylic oxidation sites excluding steroid dienone is 1. The van der Waals surface area contributed by atoms with Crippen molar-refractivity contribution in [2.75, 3.05) is 0 Å². The van der Waals surface area contributed by atoms with E-state index >= 15 is 0 Å². The van der Waals surface area contributed by atoms with Crippen LogP contribution in [0.3, 0.4) is 0 Å². The topological polar surface area (TPSA) is 56.8 Å². The van der Waals surface area contributed by atoms with Crippen LogP contribution in [0.1, 0.15) is 11.1 Å². The van der Waals surface area contributed by atoms with Gasteiger partial charge in [-0.2, -0.15) is 10.5 Å². The SMILES string of the molecule is N#CC(C#N)=Cc1ccc(OCc2ccc(Cl)c(Cl)c2)cc1. The van der Waals surface area contributed by atoms with Gasteiger partial charge >= 0.3 is 0 Å². The first kappa shape index (κ1) is 15.9. The highest BCUT2D eigenvalue weighted by atomic mass is 35.5. The van der Waals surface area contributed by atoms with Crippen LogP contribution in [0.25, 0.3) is 6.08 Å². The molecule has 0 N–H and O–H groups in total. The molecule has 3 nitrogen and oxygen atoms in total. The average molecular weight is 329 g/mol. The van der Waals surface area contributed by atoms with E-state index in [1.165, 1.54) is 6.08 Å². The average Bonchev–Trinajstić information content (AvgIpc) is 2.55. The molecule has 0 aromatic heterocycles. The number of halogens is 2. The smallest absolute Gasteiger partial charge is 0.130 e. The van der Waals surface area contributed by atoms with E-state index in [1.807, 2.05) is 18.2 Å². The maximum absolute atomic E-state index is 8.71. The predicted octanol–water partition coefficient (Wildman–Crippen LogP) is 5.00. The minimum atomic E-state index is 0.0597. The van der Waals surface area contributed by atoms with E-state index in [0.717, 1.165) is 11.1 Å². The van der Waals surface area contributed by atoms with E-state index in [4.69, 9.17) is 38.5 Å². The minimum absolute atomic E-state index is 0.0597. The Morgan fingerprint density at radius 2 is 1.68 bits per heavy atom. The van der Waals surface area contributed by atoms with Crippen LogP contribution in [0.5, 0.6) is 5.75 Å². The van der Waals surface area contributed by atoms with Crippen molar-refractivity contribution < 1.29 is 4.74 Å². The predicted molar refractivity (Wildman–Crippen MR) is 86.4 cm³/mol. The van der Waals surface area contributed by atoms with Gasteiger partial charge in [0.2, 0.25) is 0 Å². The number of hydrogen-bond acceptors (Lipinski definition) is 3. The van der Waals surface area contributed by atoms with Crippen molar-refractivity contribution >= 4 is 29.3 Å². The van der Waals surface area contributed by atoms with Crippen LogP contribution in [0.2, 0.25) is 10.0 Å². The molecule has 108 valence electrons. The van der Waals surface area contributed by atoms with Crippen molar-refractivity contribution in [1.82, 2.24) is 0 Å². The van der Waals surface area contributed by atoms with Gasteiger partial charge in [0.1, 0.15) is 30.1 Å². The Kier molecular flexibility index (Phi) is 5.44. The Labute approximate surface area is 138 Å². The van der Waals surface area contributed by atoms with Crippen molar-refractivity contribution in [1.29, 1.82) is 10.5 Å². The third-order valence-electron chi connectivity index (χ3n) is 2.82. The second kappa shape index (κ2) is 7.52. The lowest BCUT2D eigenvalue weighted by Gasteiger charge is -2.07. The lowest BCUT2D eigenvalue weighted by molar-refractivity contribution is 0.306. The van der Waals surface area contributed by atoms with Crippen molar-refractivity contribution in [3.63, 3.8) is 0 Å². The summed E-state index contributed by atoms with van der Waals surface area (Å²) in [6.07, 6.45) is 1.52. The normalized spacial score (nSPS) is 9.45. The van der Waals surface area contributed by atoms with Crippen LogP contribution in [-0.2, 0) is 6.61 Å². The number of nitrogens with zero attached hydrogens (tertiary/aromatic N) is 2. The van der Waals surface area contributed by atoms with Crippen molar-refractivity contribution in [3.8, 4) is 17.9 Å². The van der Waals surface area contributed by atoms with Gasteiger partial charge in [0.25, 0.3) is 0 Å². The Balaban J connectivity index is 2.03. The third kappa shape index (κ3) is 4.27. The van der Waals surface area contributed by atoms with Gasteiger partial charge in [0.15, 0.2) is 0 Å².